The van der Waals surface area contributed by atoms with Gasteiger partial charge in [0.25, 0.3) is 5.69 Å². The van der Waals surface area contributed by atoms with Gasteiger partial charge in [0, 0.05) is 17.0 Å². The second-order valence-electron chi connectivity index (χ2n) is 3.76. The number of nitrogens with zero attached hydrogens (tertiary/aromatic N) is 3. The molecule has 2 N–H and O–H groups in total. The predicted molar refractivity (Wildman–Crippen MR) is 75.4 cm³/mol. The van der Waals surface area contributed by atoms with Crippen LogP contribution in [0.3, 0.4) is 0 Å². The largest absolute Gasteiger partial charge is 0.466 e. The van der Waals surface area contributed by atoms with E-state index in [0.717, 1.165) is 4.90 Å². The van der Waals surface area contributed by atoms with Crippen LogP contribution in [0.4, 0.5) is 11.6 Å². The van der Waals surface area contributed by atoms with Crippen LogP contribution in [-0.2, 0) is 4.79 Å². The van der Waals surface area contributed by atoms with Crippen LogP contribution in [0.5, 0.6) is 6.01 Å². The molecule has 10 heteroatoms. The molecular formula is C11H11N5O4S. The van der Waals surface area contributed by atoms with Gasteiger partial charge in [0.1, 0.15) is 0 Å². The molecule has 1 aromatic heterocycles. The molecular weight excluding hydrogens is 298 g/mol. The van der Waals surface area contributed by atoms with Crippen molar-refractivity contribution < 1.29 is 14.5 Å². The Kier molecular flexibility index (Phi) is 4.72. The Labute approximate surface area is 123 Å². The summed E-state index contributed by atoms with van der Waals surface area (Å²) in [4.78, 5) is 26.3. The standard InChI is InChI=1S/C11H11N5O4S/c1-20-11-13-10(14-15-11)12-9(17)6-21-8-4-2-7(3-5-8)16(18)19/h2-5H,6H2,1H3,(H2,12,13,14,15,17). The van der Waals surface area contributed by atoms with E-state index in [1.54, 1.807) is 12.1 Å². The van der Waals surface area contributed by atoms with E-state index in [1.807, 2.05) is 0 Å². The Hall–Kier alpha value is -2.62. The van der Waals surface area contributed by atoms with E-state index in [-0.39, 0.29) is 29.3 Å². The molecule has 0 atom stereocenters. The zero-order valence-electron chi connectivity index (χ0n) is 10.9. The lowest BCUT2D eigenvalue weighted by Crippen LogP contribution is -2.15. The number of aromatic nitrogens is 3. The van der Waals surface area contributed by atoms with Crippen molar-refractivity contribution in [1.82, 2.24) is 15.2 Å². The third kappa shape index (κ3) is 4.18. The van der Waals surface area contributed by atoms with Gasteiger partial charge in [-0.3, -0.25) is 20.2 Å². The van der Waals surface area contributed by atoms with Crippen LogP contribution in [0.1, 0.15) is 0 Å². The zero-order chi connectivity index (χ0) is 15.2. The zero-order valence-corrected chi connectivity index (χ0v) is 11.7. The number of nitrogens with one attached hydrogen (secondary N) is 2. The average Bonchev–Trinajstić information content (AvgIpc) is 2.93. The van der Waals surface area contributed by atoms with Crippen molar-refractivity contribution in [2.75, 3.05) is 18.2 Å². The van der Waals surface area contributed by atoms with Gasteiger partial charge in [-0.1, -0.05) is 0 Å². The third-order valence-electron chi connectivity index (χ3n) is 2.32. The Bertz CT molecular complexity index is 642. The maximum atomic E-state index is 11.7. The smallest absolute Gasteiger partial charge is 0.336 e. The van der Waals surface area contributed by atoms with Gasteiger partial charge in [0.15, 0.2) is 0 Å². The minimum atomic E-state index is -0.474. The van der Waals surface area contributed by atoms with Crippen molar-refractivity contribution in [2.45, 2.75) is 4.90 Å². The number of methoxy groups -OCH3 is 1. The summed E-state index contributed by atoms with van der Waals surface area (Å²) >= 11 is 1.25. The number of thioether (sulfide) groups is 1. The molecule has 1 aromatic carbocycles. The Balaban J connectivity index is 1.84. The first-order chi connectivity index (χ1) is 10.1. The summed E-state index contributed by atoms with van der Waals surface area (Å²) in [7, 11) is 1.42. The number of H-pyrrole nitrogens is 1. The number of nitro benzene ring substituents is 1. The molecule has 1 amide bonds. The van der Waals surface area contributed by atoms with E-state index >= 15 is 0 Å². The lowest BCUT2D eigenvalue weighted by Gasteiger charge is -2.01. The quantitative estimate of drug-likeness (QED) is 0.470. The van der Waals surface area contributed by atoms with Crippen LogP contribution < -0.4 is 10.1 Å². The highest BCUT2D eigenvalue weighted by Crippen LogP contribution is 2.21. The summed E-state index contributed by atoms with van der Waals surface area (Å²) in [5.74, 6) is 0.0548. The molecule has 110 valence electrons. The minimum Gasteiger partial charge on any atom is -0.466 e. The van der Waals surface area contributed by atoms with Gasteiger partial charge in [0.05, 0.1) is 17.8 Å². The Morgan fingerprint density at radius 2 is 2.19 bits per heavy atom. The van der Waals surface area contributed by atoms with Gasteiger partial charge >= 0.3 is 6.01 Å². The maximum absolute atomic E-state index is 11.7. The van der Waals surface area contributed by atoms with Crippen molar-refractivity contribution in [2.24, 2.45) is 0 Å². The summed E-state index contributed by atoms with van der Waals surface area (Å²) in [5.41, 5.74) is 0.0116. The van der Waals surface area contributed by atoms with Crippen LogP contribution >= 0.6 is 11.8 Å². The first-order valence-electron chi connectivity index (χ1n) is 5.72. The molecule has 0 aliphatic carbocycles. The summed E-state index contributed by atoms with van der Waals surface area (Å²) in [6, 6.07) is 6.10. The second-order valence-corrected chi connectivity index (χ2v) is 4.81. The molecule has 0 bridgehead atoms. The van der Waals surface area contributed by atoms with Crippen molar-refractivity contribution in [3.8, 4) is 6.01 Å². The van der Waals surface area contributed by atoms with E-state index in [9.17, 15) is 14.9 Å². The number of non-ortho nitro benzene ring substituents is 1. The molecule has 0 unspecified atom stereocenters. The predicted octanol–water partition coefficient (Wildman–Crippen LogP) is 1.45. The highest BCUT2D eigenvalue weighted by atomic mass is 32.2. The van der Waals surface area contributed by atoms with Crippen LogP contribution in [-0.4, -0.2) is 38.9 Å². The van der Waals surface area contributed by atoms with Crippen LogP contribution in [0.2, 0.25) is 0 Å². The molecule has 0 saturated carbocycles. The van der Waals surface area contributed by atoms with E-state index in [1.165, 1.54) is 31.0 Å². The number of benzene rings is 1. The third-order valence-corrected chi connectivity index (χ3v) is 3.33. The fourth-order valence-electron chi connectivity index (χ4n) is 1.37. The number of hydrogen-bond acceptors (Lipinski definition) is 7. The van der Waals surface area contributed by atoms with Crippen LogP contribution in [0.15, 0.2) is 29.2 Å². The topological polar surface area (TPSA) is 123 Å². The SMILES string of the molecule is COc1n[nH]c(NC(=O)CSc2ccc([N+](=O)[O-])cc2)n1. The lowest BCUT2D eigenvalue weighted by atomic mass is 10.3. The number of carbonyl (C=O) groups excluding carboxylic acids is 1. The van der Waals surface area contributed by atoms with Gasteiger partial charge in [-0.05, 0) is 12.1 Å². The highest BCUT2D eigenvalue weighted by molar-refractivity contribution is 8.00. The molecule has 0 aliphatic rings. The second kappa shape index (κ2) is 6.70. The van der Waals surface area contributed by atoms with Crippen molar-refractivity contribution in [1.29, 1.82) is 0 Å². The number of anilines is 1. The summed E-state index contributed by atoms with van der Waals surface area (Å²) in [6.45, 7) is 0. The van der Waals surface area contributed by atoms with E-state index in [2.05, 4.69) is 20.5 Å². The Morgan fingerprint density at radius 3 is 2.76 bits per heavy atom. The maximum Gasteiger partial charge on any atom is 0.336 e. The number of rotatable bonds is 6. The average molecular weight is 309 g/mol. The van der Waals surface area contributed by atoms with Gasteiger partial charge < -0.3 is 4.74 Å². The number of nitro groups is 1. The number of aromatic amines is 1. The van der Waals surface area contributed by atoms with Crippen LogP contribution in [0, 0.1) is 10.1 Å². The normalized spacial score (nSPS) is 10.1. The fraction of sp³-hybridized carbons (Fsp3) is 0.182. The molecule has 9 nitrogen and oxygen atoms in total. The number of carbonyl (C=O) groups is 1. The first-order valence-corrected chi connectivity index (χ1v) is 6.70. The minimum absolute atomic E-state index is 0.0116. The van der Waals surface area contributed by atoms with E-state index < -0.39 is 4.92 Å². The van der Waals surface area contributed by atoms with Crippen LogP contribution in [0.25, 0.3) is 0 Å². The summed E-state index contributed by atoms with van der Waals surface area (Å²) < 4.78 is 4.77. The molecule has 0 radical (unpaired) electrons. The van der Waals surface area contributed by atoms with Crippen molar-refractivity contribution in [3.05, 3.63) is 34.4 Å². The summed E-state index contributed by atoms with van der Waals surface area (Å²) in [5, 5.41) is 19.2. The molecule has 0 spiro atoms. The lowest BCUT2D eigenvalue weighted by molar-refractivity contribution is -0.384. The van der Waals surface area contributed by atoms with E-state index in [0.29, 0.717) is 0 Å². The van der Waals surface area contributed by atoms with Gasteiger partial charge in [-0.2, -0.15) is 4.98 Å². The number of hydrogen-bond donors (Lipinski definition) is 2. The summed E-state index contributed by atoms with van der Waals surface area (Å²) in [6.07, 6.45) is 0. The van der Waals surface area contributed by atoms with Gasteiger partial charge in [-0.25, -0.2) is 5.10 Å². The fourth-order valence-corrected chi connectivity index (χ4v) is 2.07. The van der Waals surface area contributed by atoms with Crippen molar-refractivity contribution in [3.63, 3.8) is 0 Å². The molecule has 1 heterocycles. The number of amides is 1. The molecule has 2 rings (SSSR count). The highest BCUT2D eigenvalue weighted by Gasteiger charge is 2.09. The molecule has 21 heavy (non-hydrogen) atoms. The monoisotopic (exact) mass is 309 g/mol. The van der Waals surface area contributed by atoms with Crippen molar-refractivity contribution >= 4 is 29.3 Å². The van der Waals surface area contributed by atoms with Gasteiger partial charge in [0.2, 0.25) is 11.9 Å². The molecule has 0 fully saturated rings. The molecule has 2 aromatic rings. The first kappa shape index (κ1) is 14.8. The van der Waals surface area contributed by atoms with E-state index in [4.69, 9.17) is 4.74 Å². The number of ether oxygens (including phenoxy) is 1. The van der Waals surface area contributed by atoms with Gasteiger partial charge in [-0.15, -0.1) is 16.9 Å². The molecule has 0 saturated heterocycles. The molecule has 0 aliphatic heterocycles. The Morgan fingerprint density at radius 1 is 1.48 bits per heavy atom.